The Labute approximate surface area is 162 Å². The van der Waals surface area contributed by atoms with Crippen LogP contribution >= 0.6 is 15.9 Å². The summed E-state index contributed by atoms with van der Waals surface area (Å²) in [5.41, 5.74) is -0.424. The molecule has 27 heavy (non-hydrogen) atoms. The summed E-state index contributed by atoms with van der Waals surface area (Å²) in [4.78, 5) is 14.8. The van der Waals surface area contributed by atoms with Gasteiger partial charge in [-0.2, -0.15) is 22.5 Å². The highest BCUT2D eigenvalue weighted by atomic mass is 79.9. The molecule has 9 heteroatoms. The summed E-state index contributed by atoms with van der Waals surface area (Å²) in [5.74, 6) is -7.11. The van der Waals surface area contributed by atoms with E-state index in [1.54, 1.807) is 24.3 Å². The minimum Gasteiger partial charge on any atom is -0.377 e. The predicted octanol–water partition coefficient (Wildman–Crippen LogP) is 5.26. The number of carbonyl (C=O) groups is 1. The van der Waals surface area contributed by atoms with Crippen LogP contribution in [0.2, 0.25) is 0 Å². The molecular weight excluding hydrogens is 430 g/mol. The predicted molar refractivity (Wildman–Crippen MR) is 98.3 cm³/mol. The minimum atomic E-state index is -1.75. The average Bonchev–Trinajstić information content (AvgIpc) is 2.58. The zero-order valence-corrected chi connectivity index (χ0v) is 16.2. The van der Waals surface area contributed by atoms with Gasteiger partial charge in [-0.05, 0) is 36.6 Å². The first kappa shape index (κ1) is 21.1. The lowest BCUT2D eigenvalue weighted by atomic mass is 10.0. The number of anilines is 2. The highest BCUT2D eigenvalue weighted by molar-refractivity contribution is 9.10. The van der Waals surface area contributed by atoms with Gasteiger partial charge in [0.05, 0.1) is 0 Å². The Balaban J connectivity index is 2.16. The zero-order chi connectivity index (χ0) is 20.1. The van der Waals surface area contributed by atoms with E-state index < -0.39 is 41.2 Å². The molecule has 0 saturated heterocycles. The molecule has 2 aromatic rings. The molecule has 1 aromatic heterocycles. The number of hydrogen-bond acceptors (Lipinski definition) is 3. The maximum Gasteiger partial charge on any atom is 0.253 e. The molecular formula is C18H18BrF4N3O. The van der Waals surface area contributed by atoms with Crippen molar-refractivity contribution in [3.8, 4) is 0 Å². The van der Waals surface area contributed by atoms with Gasteiger partial charge in [-0.3, -0.25) is 4.79 Å². The Morgan fingerprint density at radius 3 is 2.15 bits per heavy atom. The van der Waals surface area contributed by atoms with Gasteiger partial charge in [0.25, 0.3) is 11.9 Å². The number of hydrogen-bond donors (Lipinski definition) is 2. The summed E-state index contributed by atoms with van der Waals surface area (Å²) in [6.45, 7) is 3.70. The van der Waals surface area contributed by atoms with Crippen molar-refractivity contribution in [2.45, 2.75) is 32.7 Å². The highest BCUT2D eigenvalue weighted by Gasteiger charge is 2.24. The van der Waals surface area contributed by atoms with E-state index in [0.29, 0.717) is 12.1 Å². The van der Waals surface area contributed by atoms with Crippen molar-refractivity contribution >= 4 is 33.2 Å². The van der Waals surface area contributed by atoms with E-state index in [1.165, 1.54) is 0 Å². The van der Waals surface area contributed by atoms with Crippen LogP contribution in [0.3, 0.4) is 0 Å². The van der Waals surface area contributed by atoms with E-state index in [0.717, 1.165) is 4.47 Å². The molecule has 2 rings (SSSR count). The van der Waals surface area contributed by atoms with E-state index in [2.05, 4.69) is 31.5 Å². The van der Waals surface area contributed by atoms with Crippen LogP contribution in [0.15, 0.2) is 28.7 Å². The molecule has 4 nitrogen and oxygen atoms in total. The summed E-state index contributed by atoms with van der Waals surface area (Å²) in [7, 11) is 0. The lowest BCUT2D eigenvalue weighted by Crippen LogP contribution is -2.29. The first-order valence-corrected chi connectivity index (χ1v) is 8.98. The molecule has 146 valence electrons. The van der Waals surface area contributed by atoms with Crippen molar-refractivity contribution in [3.05, 3.63) is 52.3 Å². The van der Waals surface area contributed by atoms with Crippen LogP contribution < -0.4 is 10.6 Å². The zero-order valence-electron chi connectivity index (χ0n) is 14.6. The van der Waals surface area contributed by atoms with E-state index in [-0.39, 0.29) is 12.3 Å². The molecule has 0 fully saturated rings. The number of rotatable bonds is 7. The maximum atomic E-state index is 13.9. The summed E-state index contributed by atoms with van der Waals surface area (Å²) in [6, 6.07) is 6.10. The molecule has 0 unspecified atom stereocenters. The molecule has 0 bridgehead atoms. The first-order chi connectivity index (χ1) is 12.7. The second-order valence-corrected chi connectivity index (χ2v) is 7.34. The second-order valence-electron chi connectivity index (χ2n) is 6.43. The molecule has 1 heterocycles. The van der Waals surface area contributed by atoms with Crippen LogP contribution in [0.4, 0.5) is 28.9 Å². The largest absolute Gasteiger partial charge is 0.377 e. The van der Waals surface area contributed by atoms with E-state index in [4.69, 9.17) is 0 Å². The number of carbonyl (C=O) groups excluding carboxylic acids is 1. The molecule has 1 amide bonds. The van der Waals surface area contributed by atoms with Gasteiger partial charge in [-0.1, -0.05) is 29.8 Å². The fraction of sp³-hybridized carbons (Fsp3) is 0.333. The fourth-order valence-corrected chi connectivity index (χ4v) is 2.81. The number of benzene rings is 1. The van der Waals surface area contributed by atoms with E-state index in [1.807, 2.05) is 13.8 Å². The number of pyridine rings is 1. The molecule has 1 atom stereocenters. The summed E-state index contributed by atoms with van der Waals surface area (Å²) < 4.78 is 55.1. The van der Waals surface area contributed by atoms with Gasteiger partial charge in [-0.25, -0.2) is 0 Å². The minimum absolute atomic E-state index is 0.0608. The third-order valence-electron chi connectivity index (χ3n) is 3.66. The topological polar surface area (TPSA) is 54.0 Å². The van der Waals surface area contributed by atoms with Crippen LogP contribution in [0, 0.1) is 29.4 Å². The molecule has 0 saturated carbocycles. The number of nitrogens with one attached hydrogen (secondary N) is 2. The van der Waals surface area contributed by atoms with Crippen LogP contribution in [0.5, 0.6) is 0 Å². The quantitative estimate of drug-likeness (QED) is 0.449. The van der Waals surface area contributed by atoms with Crippen LogP contribution in [-0.2, 0) is 4.79 Å². The number of aromatic nitrogens is 1. The standard InChI is InChI=1S/C18H18BrF4N3O/c1-9(2)7-12(8-13(27)24-11-5-3-10(19)4-6-11)25-16-14(20)17(22)26-18(23)15(16)21/h3-6,9,12H,7-8H2,1-2H3,(H,24,27)(H,25,26)/t12-/m0/s1. The average molecular weight is 448 g/mol. The Morgan fingerprint density at radius 2 is 1.63 bits per heavy atom. The molecule has 0 radical (unpaired) electrons. The first-order valence-electron chi connectivity index (χ1n) is 8.19. The second kappa shape index (κ2) is 9.16. The fourth-order valence-electron chi connectivity index (χ4n) is 2.55. The van der Waals surface area contributed by atoms with Gasteiger partial charge in [0, 0.05) is 22.6 Å². The third kappa shape index (κ3) is 5.92. The molecule has 0 aliphatic carbocycles. The number of amides is 1. The molecule has 0 aliphatic heterocycles. The lowest BCUT2D eigenvalue weighted by Gasteiger charge is -2.22. The Kier molecular flexibility index (Phi) is 7.18. The van der Waals surface area contributed by atoms with Gasteiger partial charge in [0.2, 0.25) is 17.5 Å². The van der Waals surface area contributed by atoms with E-state index >= 15 is 0 Å². The monoisotopic (exact) mass is 447 g/mol. The summed E-state index contributed by atoms with van der Waals surface area (Å²) in [6.07, 6.45) is 0.191. The lowest BCUT2D eigenvalue weighted by molar-refractivity contribution is -0.116. The van der Waals surface area contributed by atoms with Gasteiger partial charge in [0.15, 0.2) is 0 Å². The van der Waals surface area contributed by atoms with Crippen molar-refractivity contribution in [2.24, 2.45) is 5.92 Å². The number of nitrogens with zero attached hydrogens (tertiary/aromatic N) is 1. The van der Waals surface area contributed by atoms with Crippen LogP contribution in [0.1, 0.15) is 26.7 Å². The van der Waals surface area contributed by atoms with E-state index in [9.17, 15) is 22.4 Å². The van der Waals surface area contributed by atoms with Gasteiger partial charge in [-0.15, -0.1) is 0 Å². The normalized spacial score (nSPS) is 12.1. The summed E-state index contributed by atoms with van der Waals surface area (Å²) in [5, 5.41) is 5.08. The Morgan fingerprint density at radius 1 is 1.07 bits per heavy atom. The third-order valence-corrected chi connectivity index (χ3v) is 4.19. The van der Waals surface area contributed by atoms with Crippen molar-refractivity contribution < 1.29 is 22.4 Å². The van der Waals surface area contributed by atoms with Crippen molar-refractivity contribution in [2.75, 3.05) is 10.6 Å². The Bertz CT molecular complexity index is 789. The highest BCUT2D eigenvalue weighted by Crippen LogP contribution is 2.25. The smallest absolute Gasteiger partial charge is 0.253 e. The molecule has 0 spiro atoms. The van der Waals surface area contributed by atoms with Gasteiger partial charge >= 0.3 is 0 Å². The molecule has 1 aromatic carbocycles. The molecule has 2 N–H and O–H groups in total. The summed E-state index contributed by atoms with van der Waals surface area (Å²) >= 11 is 3.28. The van der Waals surface area contributed by atoms with Crippen LogP contribution in [-0.4, -0.2) is 16.9 Å². The number of halogens is 5. The van der Waals surface area contributed by atoms with Gasteiger partial charge < -0.3 is 10.6 Å². The SMILES string of the molecule is CC(C)C[C@@H](CC(=O)Nc1ccc(Br)cc1)Nc1c(F)c(F)nc(F)c1F. The van der Waals surface area contributed by atoms with Crippen LogP contribution in [0.25, 0.3) is 0 Å². The Hall–Kier alpha value is -2.16. The van der Waals surface area contributed by atoms with Crippen molar-refractivity contribution in [3.63, 3.8) is 0 Å². The van der Waals surface area contributed by atoms with Gasteiger partial charge in [0.1, 0.15) is 5.69 Å². The molecule has 0 aliphatic rings. The van der Waals surface area contributed by atoms with Crippen molar-refractivity contribution in [1.82, 2.24) is 4.98 Å². The maximum absolute atomic E-state index is 13.9. The van der Waals surface area contributed by atoms with Crippen molar-refractivity contribution in [1.29, 1.82) is 0 Å².